The number of carbonyl (C=O) groups excluding carboxylic acids is 1. The molecule has 1 amide bonds. The molecule has 1 atom stereocenters. The van der Waals surface area contributed by atoms with Crippen LogP contribution in [0.2, 0.25) is 0 Å². The van der Waals surface area contributed by atoms with Crippen LogP contribution in [0, 0.1) is 0 Å². The van der Waals surface area contributed by atoms with Gasteiger partial charge >= 0.3 is 6.18 Å². The van der Waals surface area contributed by atoms with Crippen molar-refractivity contribution in [3.8, 4) is 5.88 Å². The number of rotatable bonds is 6. The number of hydrogen-bond donors (Lipinski definition) is 1. The van der Waals surface area contributed by atoms with E-state index in [4.69, 9.17) is 9.47 Å². The third-order valence-corrected chi connectivity index (χ3v) is 6.37. The number of pyridine rings is 1. The maximum absolute atomic E-state index is 14.6. The predicted octanol–water partition coefficient (Wildman–Crippen LogP) is 3.94. The Morgan fingerprint density at radius 2 is 1.79 bits per heavy atom. The molecule has 182 valence electrons. The van der Waals surface area contributed by atoms with Crippen molar-refractivity contribution in [1.29, 1.82) is 0 Å². The summed E-state index contributed by atoms with van der Waals surface area (Å²) >= 11 is 0. The minimum Gasteiger partial charge on any atom is -0.480 e. The number of carbonyl (C=O) groups is 1. The first-order chi connectivity index (χ1) is 16.2. The van der Waals surface area contributed by atoms with E-state index in [1.54, 1.807) is 30.3 Å². The van der Waals surface area contributed by atoms with Gasteiger partial charge in [0.1, 0.15) is 11.3 Å². The Labute approximate surface area is 195 Å². The lowest BCUT2D eigenvalue weighted by molar-refractivity contribution is -0.287. The number of alkyl halides is 3. The number of benzene rings is 1. The molecule has 0 bridgehead atoms. The van der Waals surface area contributed by atoms with Crippen LogP contribution in [-0.2, 0) is 10.5 Å². The molecule has 3 aromatic rings. The van der Waals surface area contributed by atoms with Crippen molar-refractivity contribution in [1.82, 2.24) is 19.6 Å². The van der Waals surface area contributed by atoms with Crippen molar-refractivity contribution in [3.05, 3.63) is 65.5 Å². The van der Waals surface area contributed by atoms with Crippen LogP contribution in [0.15, 0.2) is 48.7 Å². The molecule has 1 aliphatic heterocycles. The van der Waals surface area contributed by atoms with Crippen molar-refractivity contribution in [2.24, 2.45) is 0 Å². The molecule has 1 unspecified atom stereocenters. The number of halogens is 3. The monoisotopic (exact) mass is 476 g/mol. The van der Waals surface area contributed by atoms with Gasteiger partial charge in [-0.1, -0.05) is 18.2 Å². The number of imidazole rings is 1. The molecule has 4 rings (SSSR count). The van der Waals surface area contributed by atoms with E-state index in [0.717, 1.165) is 38.6 Å². The number of nitrogens with zero attached hydrogens (tertiary/aromatic N) is 3. The molecule has 1 fully saturated rings. The minimum absolute atomic E-state index is 0.0607. The van der Waals surface area contributed by atoms with Gasteiger partial charge in [0.15, 0.2) is 0 Å². The fourth-order valence-electron chi connectivity index (χ4n) is 4.45. The first-order valence-electron chi connectivity index (χ1n) is 10.9. The maximum Gasteiger partial charge on any atom is 0.443 e. The molecule has 0 saturated carbocycles. The number of aromatic nitrogens is 2. The topological polar surface area (TPSA) is 68.1 Å². The fraction of sp³-hybridized carbons (Fsp3) is 0.417. The molecule has 2 aromatic heterocycles. The maximum atomic E-state index is 14.6. The lowest BCUT2D eigenvalue weighted by atomic mass is 9.90. The number of methoxy groups -OCH3 is 2. The molecule has 0 spiro atoms. The summed E-state index contributed by atoms with van der Waals surface area (Å²) < 4.78 is 55.4. The zero-order valence-corrected chi connectivity index (χ0v) is 19.2. The van der Waals surface area contributed by atoms with Gasteiger partial charge in [-0.05, 0) is 68.7 Å². The molecule has 34 heavy (non-hydrogen) atoms. The molecule has 1 aliphatic rings. The summed E-state index contributed by atoms with van der Waals surface area (Å²) in [5, 5.41) is 2.06. The average Bonchev–Trinajstić information content (AvgIpc) is 3.21. The second-order valence-corrected chi connectivity index (χ2v) is 8.44. The van der Waals surface area contributed by atoms with E-state index in [1.807, 2.05) is 0 Å². The highest BCUT2D eigenvalue weighted by atomic mass is 19.4. The van der Waals surface area contributed by atoms with Gasteiger partial charge in [-0.3, -0.25) is 9.20 Å². The number of fused-ring (bicyclic) bond motifs is 1. The summed E-state index contributed by atoms with van der Waals surface area (Å²) in [5.41, 5.74) is -2.31. The predicted molar refractivity (Wildman–Crippen MR) is 120 cm³/mol. The molecule has 0 radical (unpaired) electrons. The second kappa shape index (κ2) is 9.27. The van der Waals surface area contributed by atoms with Crippen molar-refractivity contribution in [3.63, 3.8) is 0 Å². The van der Waals surface area contributed by atoms with E-state index < -0.39 is 23.5 Å². The molecule has 7 nitrogen and oxygen atoms in total. The number of ether oxygens (including phenoxy) is 2. The fourth-order valence-corrected chi connectivity index (χ4v) is 4.45. The normalized spacial score (nSPS) is 17.5. The Kier molecular flexibility index (Phi) is 6.55. The van der Waals surface area contributed by atoms with E-state index in [-0.39, 0.29) is 17.1 Å². The van der Waals surface area contributed by atoms with Gasteiger partial charge in [0, 0.05) is 18.9 Å². The lowest BCUT2D eigenvalue weighted by Gasteiger charge is -2.35. The van der Waals surface area contributed by atoms with Crippen LogP contribution in [0.4, 0.5) is 13.2 Å². The summed E-state index contributed by atoms with van der Waals surface area (Å²) in [6.45, 7) is 1.90. The van der Waals surface area contributed by atoms with Gasteiger partial charge in [-0.15, -0.1) is 0 Å². The number of nitrogens with one attached hydrogen (secondary N) is 1. The van der Waals surface area contributed by atoms with Crippen LogP contribution >= 0.6 is 0 Å². The second-order valence-electron chi connectivity index (χ2n) is 8.44. The van der Waals surface area contributed by atoms with E-state index in [0.29, 0.717) is 5.92 Å². The highest BCUT2D eigenvalue weighted by Crippen LogP contribution is 2.44. The van der Waals surface area contributed by atoms with Crippen molar-refractivity contribution in [2.75, 3.05) is 34.4 Å². The van der Waals surface area contributed by atoms with Crippen LogP contribution in [0.3, 0.4) is 0 Å². The molecule has 3 heterocycles. The molecular formula is C24H27F3N4O3. The first-order valence-corrected chi connectivity index (χ1v) is 10.9. The van der Waals surface area contributed by atoms with Crippen LogP contribution in [-0.4, -0.2) is 60.7 Å². The average molecular weight is 476 g/mol. The van der Waals surface area contributed by atoms with Gasteiger partial charge in [-0.2, -0.15) is 18.2 Å². The number of hydrogen-bond acceptors (Lipinski definition) is 5. The summed E-state index contributed by atoms with van der Waals surface area (Å²) in [7, 11) is 4.19. The highest BCUT2D eigenvalue weighted by molar-refractivity contribution is 5.94. The van der Waals surface area contributed by atoms with E-state index in [9.17, 15) is 18.0 Å². The zero-order chi connectivity index (χ0) is 24.5. The minimum atomic E-state index is -5.03. The van der Waals surface area contributed by atoms with Crippen LogP contribution < -0.4 is 10.1 Å². The Bertz CT molecular complexity index is 1160. The van der Waals surface area contributed by atoms with Gasteiger partial charge in [0.2, 0.25) is 5.88 Å². The number of likely N-dealkylation sites (tertiary alicyclic amines) is 1. The Morgan fingerprint density at radius 1 is 1.12 bits per heavy atom. The largest absolute Gasteiger partial charge is 0.480 e. The van der Waals surface area contributed by atoms with Crippen LogP contribution in [0.5, 0.6) is 5.88 Å². The third-order valence-electron chi connectivity index (χ3n) is 6.37. The van der Waals surface area contributed by atoms with Crippen LogP contribution in [0.25, 0.3) is 5.65 Å². The molecule has 10 heteroatoms. The standard InChI is InChI=1S/C24H27F3N4O3/c1-30-12-9-16(10-13-30)18-11-14-31-19(15-18)28-22(33-2)20(31)23(34-3,24(25,26)27)29-21(32)17-7-5-4-6-8-17/h4-8,11,14-16H,9-10,12-13H2,1-3H3,(H,29,32). The van der Waals surface area contributed by atoms with Gasteiger partial charge in [-0.25, -0.2) is 0 Å². The van der Waals surface area contributed by atoms with Crippen molar-refractivity contribution >= 4 is 11.6 Å². The number of piperidine rings is 1. The SMILES string of the molecule is COc1nc2cc(C3CCN(C)CC3)ccn2c1C(NC(=O)c1ccccc1)(OC)C(F)(F)F. The van der Waals surface area contributed by atoms with E-state index >= 15 is 0 Å². The van der Waals surface area contributed by atoms with Crippen molar-refractivity contribution < 1.29 is 27.4 Å². The zero-order valence-electron chi connectivity index (χ0n) is 19.2. The van der Waals surface area contributed by atoms with Crippen LogP contribution in [0.1, 0.15) is 40.4 Å². The smallest absolute Gasteiger partial charge is 0.443 e. The highest BCUT2D eigenvalue weighted by Gasteiger charge is 2.62. The van der Waals surface area contributed by atoms with Gasteiger partial charge in [0.25, 0.3) is 11.6 Å². The Hall–Kier alpha value is -3.11. The molecule has 1 N–H and O–H groups in total. The number of amides is 1. The molecule has 1 aromatic carbocycles. The third kappa shape index (κ3) is 4.23. The molecule has 1 saturated heterocycles. The Balaban J connectivity index is 1.82. The van der Waals surface area contributed by atoms with Gasteiger partial charge < -0.3 is 19.7 Å². The molecular weight excluding hydrogens is 449 g/mol. The van der Waals surface area contributed by atoms with E-state index in [1.165, 1.54) is 29.8 Å². The quantitative estimate of drug-likeness (QED) is 0.546. The van der Waals surface area contributed by atoms with Crippen molar-refractivity contribution in [2.45, 2.75) is 30.7 Å². The summed E-state index contributed by atoms with van der Waals surface area (Å²) in [5.74, 6) is -0.937. The summed E-state index contributed by atoms with van der Waals surface area (Å²) in [6, 6.07) is 11.2. The summed E-state index contributed by atoms with van der Waals surface area (Å²) in [6.07, 6.45) is -1.59. The lowest BCUT2D eigenvalue weighted by Crippen LogP contribution is -2.58. The van der Waals surface area contributed by atoms with Gasteiger partial charge in [0.05, 0.1) is 7.11 Å². The molecule has 0 aliphatic carbocycles. The first kappa shape index (κ1) is 24.0. The van der Waals surface area contributed by atoms with E-state index in [2.05, 4.69) is 22.2 Å². The Morgan fingerprint density at radius 3 is 2.38 bits per heavy atom. The summed E-state index contributed by atoms with van der Waals surface area (Å²) in [4.78, 5) is 19.4.